The van der Waals surface area contributed by atoms with Crippen LogP contribution in [-0.2, 0) is 57.1 Å². The normalized spacial score (nSPS) is 31.5. The van der Waals surface area contributed by atoms with Gasteiger partial charge >= 0.3 is 5.97 Å². The van der Waals surface area contributed by atoms with Gasteiger partial charge in [-0.1, -0.05) is 213 Å². The average Bonchev–Trinajstić information content (AvgIpc) is 0.750. The maximum Gasteiger partial charge on any atom is 0.364 e. The number of carbonyl (C=O) groups excluding carboxylic acids is 3. The number of carbonyl (C=O) groups is 4. The number of carboxylic acid groups (broad SMARTS) is 1. The molecule has 28 heteroatoms. The zero-order valence-electron chi connectivity index (χ0n) is 60.4. The molecule has 0 spiro atoms. The van der Waals surface area contributed by atoms with Crippen LogP contribution in [0, 0.1) is 5.92 Å². The Morgan fingerprint density at radius 2 is 0.960 bits per heavy atom. The van der Waals surface area contributed by atoms with Crippen LogP contribution < -0.4 is 10.6 Å². The highest BCUT2D eigenvalue weighted by Gasteiger charge is 2.61. The van der Waals surface area contributed by atoms with Crippen molar-refractivity contribution in [2.75, 3.05) is 33.0 Å². The van der Waals surface area contributed by atoms with Gasteiger partial charge in [-0.2, -0.15) is 0 Å². The number of ether oxygens (including phenoxy) is 8. The molecule has 4 saturated heterocycles. The van der Waals surface area contributed by atoms with Gasteiger partial charge in [-0.25, -0.2) is 4.79 Å². The number of aliphatic carboxylic acids is 1. The first-order chi connectivity index (χ1) is 48.0. The third kappa shape index (κ3) is 30.2. The van der Waals surface area contributed by atoms with E-state index in [-0.39, 0.29) is 12.3 Å². The molecular weight excluding hydrogens is 1310 g/mol. The molecule has 4 fully saturated rings. The van der Waals surface area contributed by atoms with Gasteiger partial charge in [0.15, 0.2) is 18.9 Å². The molecule has 586 valence electrons. The van der Waals surface area contributed by atoms with E-state index in [2.05, 4.69) is 24.5 Å². The van der Waals surface area contributed by atoms with Crippen LogP contribution in [0.5, 0.6) is 0 Å². The van der Waals surface area contributed by atoms with Crippen molar-refractivity contribution in [3.8, 4) is 0 Å². The molecule has 0 aliphatic carbocycles. The number of aliphatic hydroxyl groups is 13. The minimum Gasteiger partial charge on any atom is -0.477 e. The Morgan fingerprint density at radius 1 is 0.510 bits per heavy atom. The molecule has 0 aromatic heterocycles. The second-order valence-corrected chi connectivity index (χ2v) is 28.6. The Hall–Kier alpha value is -2.76. The number of aliphatic hydroxyl groups excluding tert-OH is 13. The summed E-state index contributed by atoms with van der Waals surface area (Å²) in [7, 11) is 0. The van der Waals surface area contributed by atoms with Crippen LogP contribution in [0.2, 0.25) is 0 Å². The fraction of sp³-hybridized carbons (Fsp3) is 0.944. The number of carboxylic acids is 1. The lowest BCUT2D eigenvalue weighted by Gasteiger charge is -2.52. The van der Waals surface area contributed by atoms with E-state index >= 15 is 0 Å². The van der Waals surface area contributed by atoms with Crippen LogP contribution in [0.3, 0.4) is 0 Å². The Kier molecular flexibility index (Phi) is 44.7. The summed E-state index contributed by atoms with van der Waals surface area (Å²) in [4.78, 5) is 52.2. The average molecular weight is 1440 g/mol. The summed E-state index contributed by atoms with van der Waals surface area (Å²) in [5, 5.41) is 161. The van der Waals surface area contributed by atoms with Crippen molar-refractivity contribution in [3.63, 3.8) is 0 Å². The second kappa shape index (κ2) is 49.9. The second-order valence-electron chi connectivity index (χ2n) is 28.6. The first-order valence-electron chi connectivity index (χ1n) is 38.1. The number of rotatable bonds is 55. The molecule has 4 rings (SSSR count). The van der Waals surface area contributed by atoms with Gasteiger partial charge in [0, 0.05) is 32.1 Å². The minimum atomic E-state index is -3.26. The molecule has 2 amide bonds. The summed E-state index contributed by atoms with van der Waals surface area (Å²) in [6.07, 6.45) is -0.571. The predicted octanol–water partition coefficient (Wildman–Crippen LogP) is 4.01. The number of unbranched alkanes of at least 4 members (excludes halogenated alkanes) is 30. The Bertz CT molecular complexity index is 2190. The molecule has 0 aromatic rings. The maximum absolute atomic E-state index is 13.6. The highest BCUT2D eigenvalue weighted by atomic mass is 16.8. The van der Waals surface area contributed by atoms with Crippen molar-refractivity contribution < 1.29 is 129 Å². The van der Waals surface area contributed by atoms with E-state index in [9.17, 15) is 90.7 Å². The fourth-order valence-corrected chi connectivity index (χ4v) is 14.1. The molecule has 4 heterocycles. The molecule has 0 saturated carbocycles. The zero-order chi connectivity index (χ0) is 73.6. The summed E-state index contributed by atoms with van der Waals surface area (Å²) in [6, 6.07) is -2.70. The summed E-state index contributed by atoms with van der Waals surface area (Å²) in [6.45, 7) is 2.02. The minimum absolute atomic E-state index is 0.189. The summed E-state index contributed by atoms with van der Waals surface area (Å²) in [5.41, 5.74) is 0. The monoisotopic (exact) mass is 1440 g/mol. The predicted molar refractivity (Wildman–Crippen MR) is 365 cm³/mol. The Balaban J connectivity index is 1.49. The Labute approximate surface area is 592 Å². The molecule has 16 N–H and O–H groups in total. The van der Waals surface area contributed by atoms with Crippen molar-refractivity contribution in [1.29, 1.82) is 0 Å². The van der Waals surface area contributed by atoms with Crippen LogP contribution in [0.15, 0.2) is 0 Å². The lowest BCUT2D eigenvalue weighted by molar-refractivity contribution is -0.403. The quantitative estimate of drug-likeness (QED) is 0.0382. The first kappa shape index (κ1) is 89.6. The van der Waals surface area contributed by atoms with Gasteiger partial charge < -0.3 is 125 Å². The van der Waals surface area contributed by atoms with Crippen molar-refractivity contribution in [3.05, 3.63) is 0 Å². The fourth-order valence-electron chi connectivity index (χ4n) is 14.1. The standard InChI is InChI=1S/C72H132N2O26/c1-5-7-9-11-13-15-17-19-20-21-22-23-24-26-28-30-32-34-36-38-56(84)74-49(50(81)37-35-33-31-29-27-25-18-16-14-12-10-8-6-2)45-93-69-62(89)61(88)64(54(43-77)95-69)97-70-63(90)67(65(55(44-78)96-70)98-68-48(39-46(3)79)58(85)60(87)53(42-76)94-68)100-72(71(91)92)40-51(82)57(73-47(4)80)66(99-72)59(86)52(83)41-75/h48-55,57-70,75-78,81-83,85-90H,5-45H2,1-4H3,(H,73,80)(H,74,84)(H,91,92). The molecule has 0 radical (unpaired) electrons. The smallest absolute Gasteiger partial charge is 0.364 e. The molecule has 28 nitrogen and oxygen atoms in total. The van der Waals surface area contributed by atoms with E-state index in [0.717, 1.165) is 65.2 Å². The molecule has 0 aromatic carbocycles. The van der Waals surface area contributed by atoms with E-state index < -0.39 is 204 Å². The highest BCUT2D eigenvalue weighted by Crippen LogP contribution is 2.41. The lowest BCUT2D eigenvalue weighted by atomic mass is 9.87. The van der Waals surface area contributed by atoms with Crippen LogP contribution in [0.4, 0.5) is 0 Å². The third-order valence-corrected chi connectivity index (χ3v) is 20.1. The number of ketones is 1. The van der Waals surface area contributed by atoms with Gasteiger partial charge in [0.1, 0.15) is 85.1 Å². The van der Waals surface area contributed by atoms with Gasteiger partial charge in [0.2, 0.25) is 11.8 Å². The van der Waals surface area contributed by atoms with Gasteiger partial charge in [0.25, 0.3) is 5.79 Å². The lowest BCUT2D eigenvalue weighted by Crippen LogP contribution is -2.71. The third-order valence-electron chi connectivity index (χ3n) is 20.1. The number of Topliss-reactive ketones (excluding diaryl/α,β-unsaturated/α-hetero) is 1. The van der Waals surface area contributed by atoms with Crippen LogP contribution in [-0.4, -0.2) is 262 Å². The van der Waals surface area contributed by atoms with Gasteiger partial charge in [0.05, 0.1) is 63.4 Å². The van der Waals surface area contributed by atoms with Crippen LogP contribution >= 0.6 is 0 Å². The molecule has 23 atom stereocenters. The largest absolute Gasteiger partial charge is 0.477 e. The molecule has 0 bridgehead atoms. The SMILES string of the molecule is CCCCCCCCCCCCCCCCCCCCCC(=O)NC(COC1OC(CO)C(OC2OC(CO)C(OC3OC(CO)C(O)C(O)C3CC(C)=O)C(OC3(C(=O)O)CC(O)C(NC(C)=O)C(C(O)C(O)CO)O3)C2O)C(O)C1O)C(O)CCCCCCCCCCCCCCC. The van der Waals surface area contributed by atoms with Crippen LogP contribution in [0.25, 0.3) is 0 Å². The number of hydrogen-bond acceptors (Lipinski definition) is 25. The molecule has 23 unspecified atom stereocenters. The first-order valence-corrected chi connectivity index (χ1v) is 38.1. The van der Waals surface area contributed by atoms with Gasteiger partial charge in [-0.05, 0) is 19.8 Å². The summed E-state index contributed by atoms with van der Waals surface area (Å²) >= 11 is 0. The topological polar surface area (TPSA) is 449 Å². The van der Waals surface area contributed by atoms with Crippen molar-refractivity contribution in [1.82, 2.24) is 10.6 Å². The molecular formula is C72H132N2O26. The van der Waals surface area contributed by atoms with Crippen molar-refractivity contribution in [2.45, 2.75) is 393 Å². The van der Waals surface area contributed by atoms with Gasteiger partial charge in [-0.15, -0.1) is 0 Å². The van der Waals surface area contributed by atoms with Crippen molar-refractivity contribution >= 4 is 23.6 Å². The van der Waals surface area contributed by atoms with Crippen LogP contribution in [0.1, 0.15) is 259 Å². The Morgan fingerprint density at radius 3 is 1.42 bits per heavy atom. The van der Waals surface area contributed by atoms with E-state index in [0.29, 0.717) is 19.3 Å². The zero-order valence-corrected chi connectivity index (χ0v) is 60.4. The molecule has 4 aliphatic heterocycles. The van der Waals surface area contributed by atoms with Crippen molar-refractivity contribution in [2.24, 2.45) is 5.92 Å². The van der Waals surface area contributed by atoms with E-state index in [1.54, 1.807) is 0 Å². The van der Waals surface area contributed by atoms with E-state index in [1.807, 2.05) is 0 Å². The number of amides is 2. The van der Waals surface area contributed by atoms with E-state index in [1.165, 1.54) is 141 Å². The van der Waals surface area contributed by atoms with Gasteiger partial charge in [-0.3, -0.25) is 9.59 Å². The summed E-state index contributed by atoms with van der Waals surface area (Å²) in [5.74, 6) is -8.50. The number of nitrogens with one attached hydrogen (secondary N) is 2. The maximum atomic E-state index is 13.6. The van der Waals surface area contributed by atoms with E-state index in [4.69, 9.17) is 37.9 Å². The summed E-state index contributed by atoms with van der Waals surface area (Å²) < 4.78 is 48.2. The molecule has 100 heavy (non-hydrogen) atoms. The highest BCUT2D eigenvalue weighted by molar-refractivity contribution is 5.77. The molecule has 4 aliphatic rings. The number of hydrogen-bond donors (Lipinski definition) is 16.